The second kappa shape index (κ2) is 7.33. The van der Waals surface area contributed by atoms with Gasteiger partial charge in [0.25, 0.3) is 0 Å². The lowest BCUT2D eigenvalue weighted by Gasteiger charge is -2.13. The molecule has 0 saturated heterocycles. The third-order valence-corrected chi connectivity index (χ3v) is 3.35. The van der Waals surface area contributed by atoms with Crippen molar-refractivity contribution in [1.29, 1.82) is 0 Å². The van der Waals surface area contributed by atoms with Gasteiger partial charge in [0.05, 0.1) is 6.61 Å². The molecule has 1 aromatic carbocycles. The van der Waals surface area contributed by atoms with E-state index in [0.717, 1.165) is 23.2 Å². The number of ether oxygens (including phenoxy) is 1. The Kier molecular flexibility index (Phi) is 6.05. The molecule has 94 valence electrons. The molecule has 0 saturated carbocycles. The Balaban J connectivity index is 2.56. The van der Waals surface area contributed by atoms with Crippen LogP contribution in [0.2, 0.25) is 0 Å². The zero-order chi connectivity index (χ0) is 12.7. The maximum atomic E-state index is 10.9. The van der Waals surface area contributed by atoms with Crippen molar-refractivity contribution in [3.8, 4) is 5.75 Å². The Morgan fingerprint density at radius 2 is 2.29 bits per heavy atom. The van der Waals surface area contributed by atoms with Crippen LogP contribution in [-0.4, -0.2) is 17.8 Å². The van der Waals surface area contributed by atoms with Crippen LogP contribution in [0.25, 0.3) is 0 Å². The summed E-state index contributed by atoms with van der Waals surface area (Å²) in [5, 5.41) is 3.67. The normalized spacial score (nSPS) is 11.9. The van der Waals surface area contributed by atoms with Crippen molar-refractivity contribution < 1.29 is 9.53 Å². The third kappa shape index (κ3) is 5.22. The zero-order valence-corrected chi connectivity index (χ0v) is 11.8. The smallest absolute Gasteiger partial charge is 0.221 e. The highest BCUT2D eigenvalue weighted by molar-refractivity contribution is 9.09. The molecule has 4 heteroatoms. The van der Waals surface area contributed by atoms with Crippen LogP contribution in [0.3, 0.4) is 0 Å². The minimum atomic E-state index is -0.0750. The average molecular weight is 300 g/mol. The van der Waals surface area contributed by atoms with Crippen LogP contribution in [0.5, 0.6) is 5.75 Å². The van der Waals surface area contributed by atoms with Crippen LogP contribution in [0.1, 0.15) is 20.3 Å². The summed E-state index contributed by atoms with van der Waals surface area (Å²) in [6.45, 7) is 4.32. The molecule has 1 N–H and O–H groups in total. The van der Waals surface area contributed by atoms with E-state index >= 15 is 0 Å². The number of anilines is 1. The summed E-state index contributed by atoms with van der Waals surface area (Å²) in [4.78, 5) is 10.9. The fourth-order valence-electron chi connectivity index (χ4n) is 1.35. The molecule has 0 aliphatic heterocycles. The molecule has 1 atom stereocenters. The fraction of sp³-hybridized carbons (Fsp3) is 0.462. The first-order chi connectivity index (χ1) is 8.15. The summed E-state index contributed by atoms with van der Waals surface area (Å²) >= 11 is 3.46. The maximum Gasteiger partial charge on any atom is 0.221 e. The number of rotatable bonds is 6. The number of carbonyl (C=O) groups excluding carboxylic acids is 1. The molecule has 0 aliphatic rings. The molecule has 0 bridgehead atoms. The van der Waals surface area contributed by atoms with Gasteiger partial charge >= 0.3 is 0 Å². The minimum Gasteiger partial charge on any atom is -0.493 e. The first kappa shape index (κ1) is 14.0. The molecule has 0 heterocycles. The van der Waals surface area contributed by atoms with Crippen LogP contribution in [0, 0.1) is 5.92 Å². The Hall–Kier alpha value is -1.03. The summed E-state index contributed by atoms with van der Waals surface area (Å²) in [6.07, 6.45) is 1.08. The highest BCUT2D eigenvalue weighted by Gasteiger charge is 2.05. The fourth-order valence-corrected chi connectivity index (χ4v) is 2.00. The lowest BCUT2D eigenvalue weighted by molar-refractivity contribution is -0.114. The molecule has 1 unspecified atom stereocenters. The summed E-state index contributed by atoms with van der Waals surface area (Å²) < 4.78 is 5.69. The van der Waals surface area contributed by atoms with E-state index in [-0.39, 0.29) is 5.91 Å². The van der Waals surface area contributed by atoms with Gasteiger partial charge in [-0.25, -0.2) is 0 Å². The van der Waals surface area contributed by atoms with Gasteiger partial charge in [0.1, 0.15) is 5.75 Å². The van der Waals surface area contributed by atoms with Gasteiger partial charge in [0.15, 0.2) is 0 Å². The Labute approximate surface area is 111 Å². The molecule has 0 radical (unpaired) electrons. The van der Waals surface area contributed by atoms with Crippen molar-refractivity contribution in [2.24, 2.45) is 5.92 Å². The van der Waals surface area contributed by atoms with Crippen molar-refractivity contribution in [1.82, 2.24) is 0 Å². The van der Waals surface area contributed by atoms with Crippen LogP contribution >= 0.6 is 15.9 Å². The Morgan fingerprint density at radius 3 is 2.88 bits per heavy atom. The number of benzene rings is 1. The van der Waals surface area contributed by atoms with Crippen molar-refractivity contribution in [2.45, 2.75) is 20.3 Å². The molecule has 1 rings (SSSR count). The molecule has 0 fully saturated rings. The van der Waals surface area contributed by atoms with Crippen molar-refractivity contribution in [3.63, 3.8) is 0 Å². The van der Waals surface area contributed by atoms with E-state index in [9.17, 15) is 4.79 Å². The highest BCUT2D eigenvalue weighted by Crippen LogP contribution is 2.18. The molecule has 3 nitrogen and oxygen atoms in total. The van der Waals surface area contributed by atoms with Crippen molar-refractivity contribution in [2.75, 3.05) is 17.3 Å². The summed E-state index contributed by atoms with van der Waals surface area (Å²) in [5.41, 5.74) is 0.766. The topological polar surface area (TPSA) is 38.3 Å². The largest absolute Gasteiger partial charge is 0.493 e. The van der Waals surface area contributed by atoms with Gasteiger partial charge in [-0.05, 0) is 18.6 Å². The standard InChI is InChI=1S/C13H18BrNO2/c1-3-11(8-14)9-17-13-6-4-5-12(7-13)15-10(2)16/h4-7,11H,3,8-9H2,1-2H3,(H,15,16). The maximum absolute atomic E-state index is 10.9. The van der Waals surface area contributed by atoms with E-state index in [1.165, 1.54) is 6.92 Å². The van der Waals surface area contributed by atoms with E-state index in [1.807, 2.05) is 24.3 Å². The molecule has 0 aliphatic carbocycles. The molecule has 1 amide bonds. The first-order valence-electron chi connectivity index (χ1n) is 5.72. The number of amides is 1. The van der Waals surface area contributed by atoms with E-state index in [0.29, 0.717) is 12.5 Å². The number of nitrogens with one attached hydrogen (secondary N) is 1. The van der Waals surface area contributed by atoms with Gasteiger partial charge in [-0.15, -0.1) is 0 Å². The number of hydrogen-bond acceptors (Lipinski definition) is 2. The van der Waals surface area contributed by atoms with Gasteiger partial charge in [0, 0.05) is 29.9 Å². The van der Waals surface area contributed by atoms with Crippen molar-refractivity contribution >= 4 is 27.5 Å². The second-order valence-corrected chi connectivity index (χ2v) is 4.60. The second-order valence-electron chi connectivity index (χ2n) is 3.95. The van der Waals surface area contributed by atoms with E-state index in [1.54, 1.807) is 0 Å². The SMILES string of the molecule is CCC(CBr)COc1cccc(NC(C)=O)c1. The lowest BCUT2D eigenvalue weighted by Crippen LogP contribution is -2.12. The van der Waals surface area contributed by atoms with Crippen molar-refractivity contribution in [3.05, 3.63) is 24.3 Å². The number of carbonyl (C=O) groups is 1. The van der Waals surface area contributed by atoms with Crippen LogP contribution in [0.4, 0.5) is 5.69 Å². The number of hydrogen-bond donors (Lipinski definition) is 1. The minimum absolute atomic E-state index is 0.0750. The van der Waals surface area contributed by atoms with Crippen LogP contribution in [0.15, 0.2) is 24.3 Å². The summed E-state index contributed by atoms with van der Waals surface area (Å²) in [5.74, 6) is 1.23. The molecule has 0 aromatic heterocycles. The summed E-state index contributed by atoms with van der Waals surface area (Å²) in [7, 11) is 0. The van der Waals surface area contributed by atoms with Crippen LogP contribution in [-0.2, 0) is 4.79 Å². The molecule has 0 spiro atoms. The van der Waals surface area contributed by atoms with Gasteiger partial charge in [-0.3, -0.25) is 4.79 Å². The quantitative estimate of drug-likeness (QED) is 0.817. The zero-order valence-electron chi connectivity index (χ0n) is 10.2. The van der Waals surface area contributed by atoms with E-state index in [2.05, 4.69) is 28.2 Å². The van der Waals surface area contributed by atoms with E-state index in [4.69, 9.17) is 4.74 Å². The number of alkyl halides is 1. The van der Waals surface area contributed by atoms with Gasteiger partial charge in [-0.1, -0.05) is 28.9 Å². The first-order valence-corrected chi connectivity index (χ1v) is 6.84. The van der Waals surface area contributed by atoms with Crippen LogP contribution < -0.4 is 10.1 Å². The van der Waals surface area contributed by atoms with Gasteiger partial charge < -0.3 is 10.1 Å². The lowest BCUT2D eigenvalue weighted by atomic mass is 10.1. The average Bonchev–Trinajstić information content (AvgIpc) is 2.30. The Bertz CT molecular complexity index is 364. The number of halogens is 1. The summed E-state index contributed by atoms with van der Waals surface area (Å²) in [6, 6.07) is 7.44. The monoisotopic (exact) mass is 299 g/mol. The Morgan fingerprint density at radius 1 is 1.53 bits per heavy atom. The predicted octanol–water partition coefficient (Wildman–Crippen LogP) is 3.44. The van der Waals surface area contributed by atoms with E-state index < -0.39 is 0 Å². The van der Waals surface area contributed by atoms with Gasteiger partial charge in [-0.2, -0.15) is 0 Å². The molecular weight excluding hydrogens is 282 g/mol. The predicted molar refractivity (Wildman–Crippen MR) is 73.8 cm³/mol. The molecule has 1 aromatic rings. The van der Waals surface area contributed by atoms with Gasteiger partial charge in [0.2, 0.25) is 5.91 Å². The molecule has 17 heavy (non-hydrogen) atoms. The highest BCUT2D eigenvalue weighted by atomic mass is 79.9. The third-order valence-electron chi connectivity index (χ3n) is 2.44. The molecular formula is C13H18BrNO2.